The van der Waals surface area contributed by atoms with E-state index >= 15 is 0 Å². The fraction of sp³-hybridized carbons (Fsp3) is 0.467. The molecular formula is C15H19F3N2. The minimum Gasteiger partial charge on any atom is -0.314 e. The molecular weight excluding hydrogens is 265 g/mol. The Balaban J connectivity index is 2.36. The number of piperazine rings is 1. The molecule has 2 rings (SSSR count). The molecule has 0 amide bonds. The number of nitrogens with zero attached hydrogens (tertiary/aromatic N) is 1. The van der Waals surface area contributed by atoms with Crippen LogP contribution in [0.4, 0.5) is 13.2 Å². The van der Waals surface area contributed by atoms with Crippen LogP contribution in [-0.4, -0.2) is 31.1 Å². The third kappa shape index (κ3) is 3.41. The molecule has 5 heteroatoms. The van der Waals surface area contributed by atoms with Gasteiger partial charge in [0.25, 0.3) is 0 Å². The monoisotopic (exact) mass is 284 g/mol. The smallest absolute Gasteiger partial charge is 0.314 e. The highest BCUT2D eigenvalue weighted by Crippen LogP contribution is 2.37. The fourth-order valence-corrected chi connectivity index (χ4v) is 2.67. The minimum absolute atomic E-state index is 0.257. The maximum atomic E-state index is 13.2. The number of halogens is 3. The molecule has 0 radical (unpaired) electrons. The summed E-state index contributed by atoms with van der Waals surface area (Å²) in [4.78, 5) is 2.10. The maximum Gasteiger partial charge on any atom is 0.416 e. The van der Waals surface area contributed by atoms with E-state index in [4.69, 9.17) is 0 Å². The summed E-state index contributed by atoms with van der Waals surface area (Å²) in [6.45, 7) is 6.81. The molecule has 2 nitrogen and oxygen atoms in total. The van der Waals surface area contributed by atoms with E-state index in [1.807, 2.05) is 0 Å². The first-order valence-electron chi connectivity index (χ1n) is 6.76. The van der Waals surface area contributed by atoms with Crippen molar-refractivity contribution in [1.82, 2.24) is 10.2 Å². The van der Waals surface area contributed by atoms with Crippen LogP contribution in [-0.2, 0) is 6.18 Å². The molecule has 1 aromatic carbocycles. The molecule has 110 valence electrons. The molecule has 0 bridgehead atoms. The van der Waals surface area contributed by atoms with Gasteiger partial charge in [0, 0.05) is 32.2 Å². The van der Waals surface area contributed by atoms with Gasteiger partial charge in [-0.05, 0) is 18.1 Å². The first-order valence-corrected chi connectivity index (χ1v) is 6.76. The number of rotatable bonds is 4. The number of hydrogen-bond donors (Lipinski definition) is 1. The lowest BCUT2D eigenvalue weighted by atomic mass is 9.95. The zero-order valence-corrected chi connectivity index (χ0v) is 11.3. The van der Waals surface area contributed by atoms with Crippen LogP contribution in [0.3, 0.4) is 0 Å². The summed E-state index contributed by atoms with van der Waals surface area (Å²) in [6.07, 6.45) is -2.10. The Hall–Kier alpha value is -1.33. The molecule has 0 unspecified atom stereocenters. The summed E-state index contributed by atoms with van der Waals surface area (Å²) < 4.78 is 39.5. The van der Waals surface area contributed by atoms with Crippen molar-refractivity contribution in [3.8, 4) is 0 Å². The normalized spacial score (nSPS) is 18.8. The molecule has 1 saturated heterocycles. The van der Waals surface area contributed by atoms with Gasteiger partial charge in [0.2, 0.25) is 0 Å². The Bertz CT molecular complexity index is 451. The molecule has 1 aliphatic rings. The Morgan fingerprint density at radius 2 is 1.90 bits per heavy atom. The van der Waals surface area contributed by atoms with Crippen LogP contribution in [0.1, 0.15) is 23.6 Å². The topological polar surface area (TPSA) is 15.3 Å². The van der Waals surface area contributed by atoms with E-state index in [9.17, 15) is 13.2 Å². The molecule has 1 fully saturated rings. The fourth-order valence-electron chi connectivity index (χ4n) is 2.67. The lowest BCUT2D eigenvalue weighted by Gasteiger charge is -2.35. The van der Waals surface area contributed by atoms with Gasteiger partial charge in [-0.3, -0.25) is 4.90 Å². The van der Waals surface area contributed by atoms with Gasteiger partial charge < -0.3 is 5.32 Å². The molecule has 1 N–H and O–H groups in total. The molecule has 1 heterocycles. The Morgan fingerprint density at radius 3 is 2.50 bits per heavy atom. The first kappa shape index (κ1) is 15.1. The van der Waals surface area contributed by atoms with Gasteiger partial charge >= 0.3 is 6.18 Å². The van der Waals surface area contributed by atoms with Gasteiger partial charge in [0.1, 0.15) is 0 Å². The third-order valence-corrected chi connectivity index (χ3v) is 3.61. The maximum absolute atomic E-state index is 13.2. The average Bonchev–Trinajstić information content (AvgIpc) is 2.45. The highest BCUT2D eigenvalue weighted by Gasteiger charge is 2.36. The lowest BCUT2D eigenvalue weighted by molar-refractivity contribution is -0.138. The Kier molecular flexibility index (Phi) is 4.83. The molecule has 1 atom stereocenters. The highest BCUT2D eigenvalue weighted by atomic mass is 19.4. The van der Waals surface area contributed by atoms with Gasteiger partial charge in [0.15, 0.2) is 0 Å². The van der Waals surface area contributed by atoms with E-state index in [-0.39, 0.29) is 6.04 Å². The third-order valence-electron chi connectivity index (χ3n) is 3.61. The van der Waals surface area contributed by atoms with E-state index < -0.39 is 11.7 Å². The van der Waals surface area contributed by atoms with Crippen LogP contribution in [0, 0.1) is 0 Å². The quantitative estimate of drug-likeness (QED) is 0.854. The van der Waals surface area contributed by atoms with Crippen molar-refractivity contribution in [2.24, 2.45) is 0 Å². The van der Waals surface area contributed by atoms with Crippen molar-refractivity contribution in [2.45, 2.75) is 18.6 Å². The zero-order chi connectivity index (χ0) is 14.6. The summed E-state index contributed by atoms with van der Waals surface area (Å²) in [6, 6.07) is 5.59. The number of nitrogens with one attached hydrogen (secondary N) is 1. The SMILES string of the molecule is C=CC[C@@H](c1ccccc1C(F)(F)F)N1CCNCC1. The second kappa shape index (κ2) is 6.41. The molecule has 0 spiro atoms. The minimum atomic E-state index is -4.32. The van der Waals surface area contributed by atoms with Crippen molar-refractivity contribution in [3.63, 3.8) is 0 Å². The zero-order valence-electron chi connectivity index (χ0n) is 11.3. The summed E-state index contributed by atoms with van der Waals surface area (Å²) in [5.74, 6) is 0. The van der Waals surface area contributed by atoms with Crippen LogP contribution in [0.5, 0.6) is 0 Å². The molecule has 0 saturated carbocycles. The lowest BCUT2D eigenvalue weighted by Crippen LogP contribution is -2.45. The van der Waals surface area contributed by atoms with Gasteiger partial charge in [-0.1, -0.05) is 24.3 Å². The molecule has 1 aliphatic heterocycles. The Labute approximate surface area is 117 Å². The van der Waals surface area contributed by atoms with Crippen LogP contribution >= 0.6 is 0 Å². The first-order chi connectivity index (χ1) is 9.54. The molecule has 0 aliphatic carbocycles. The van der Waals surface area contributed by atoms with E-state index in [0.717, 1.165) is 32.2 Å². The molecule has 0 aromatic heterocycles. The van der Waals surface area contributed by atoms with Crippen LogP contribution in [0.2, 0.25) is 0 Å². The second-order valence-electron chi connectivity index (χ2n) is 4.91. The second-order valence-corrected chi connectivity index (χ2v) is 4.91. The summed E-state index contributed by atoms with van der Waals surface area (Å²) in [5, 5.41) is 3.22. The van der Waals surface area contributed by atoms with Crippen LogP contribution in [0.15, 0.2) is 36.9 Å². The summed E-state index contributed by atoms with van der Waals surface area (Å²) in [7, 11) is 0. The van der Waals surface area contributed by atoms with Gasteiger partial charge in [-0.25, -0.2) is 0 Å². The number of benzene rings is 1. The van der Waals surface area contributed by atoms with E-state index in [0.29, 0.717) is 12.0 Å². The average molecular weight is 284 g/mol. The number of hydrogen-bond acceptors (Lipinski definition) is 2. The van der Waals surface area contributed by atoms with E-state index in [2.05, 4.69) is 16.8 Å². The van der Waals surface area contributed by atoms with Crippen molar-refractivity contribution in [2.75, 3.05) is 26.2 Å². The van der Waals surface area contributed by atoms with Crippen molar-refractivity contribution in [3.05, 3.63) is 48.0 Å². The standard InChI is InChI=1S/C15H19F3N2/c1-2-5-14(20-10-8-19-9-11-20)12-6-3-4-7-13(12)15(16,17)18/h2-4,6-7,14,19H,1,5,8-11H2/t14-/m0/s1. The van der Waals surface area contributed by atoms with Gasteiger partial charge in [-0.2, -0.15) is 13.2 Å². The van der Waals surface area contributed by atoms with Crippen LogP contribution < -0.4 is 5.32 Å². The van der Waals surface area contributed by atoms with E-state index in [1.54, 1.807) is 18.2 Å². The van der Waals surface area contributed by atoms with Crippen molar-refractivity contribution < 1.29 is 13.2 Å². The largest absolute Gasteiger partial charge is 0.416 e. The van der Waals surface area contributed by atoms with Gasteiger partial charge in [-0.15, -0.1) is 6.58 Å². The van der Waals surface area contributed by atoms with Crippen LogP contribution in [0.25, 0.3) is 0 Å². The molecule has 20 heavy (non-hydrogen) atoms. The summed E-state index contributed by atoms with van der Waals surface area (Å²) >= 11 is 0. The van der Waals surface area contributed by atoms with Crippen molar-refractivity contribution >= 4 is 0 Å². The Morgan fingerprint density at radius 1 is 1.25 bits per heavy atom. The summed E-state index contributed by atoms with van der Waals surface area (Å²) in [5.41, 5.74) is -0.188. The number of alkyl halides is 3. The molecule has 1 aromatic rings. The van der Waals surface area contributed by atoms with Gasteiger partial charge in [0.05, 0.1) is 5.56 Å². The predicted molar refractivity (Wildman–Crippen MR) is 73.4 cm³/mol. The van der Waals surface area contributed by atoms with Crippen molar-refractivity contribution in [1.29, 1.82) is 0 Å². The van der Waals surface area contributed by atoms with E-state index in [1.165, 1.54) is 6.07 Å². The highest BCUT2D eigenvalue weighted by molar-refractivity contribution is 5.33. The predicted octanol–water partition coefficient (Wildman–Crippen LogP) is 3.23.